The first-order valence-electron chi connectivity index (χ1n) is 5.68. The SMILES string of the molecule is CC(C)NCC(C)S(=O)(=O)Nc1ncccc1Br. The molecule has 0 aliphatic rings. The highest BCUT2D eigenvalue weighted by Crippen LogP contribution is 2.20. The van der Waals surface area contributed by atoms with Crippen LogP contribution < -0.4 is 10.0 Å². The van der Waals surface area contributed by atoms with Crippen LogP contribution in [0.3, 0.4) is 0 Å². The molecular weight excluding hydrogens is 318 g/mol. The highest BCUT2D eigenvalue weighted by Gasteiger charge is 2.21. The van der Waals surface area contributed by atoms with Gasteiger partial charge in [-0.25, -0.2) is 13.4 Å². The Morgan fingerprint density at radius 1 is 1.39 bits per heavy atom. The van der Waals surface area contributed by atoms with Crippen molar-refractivity contribution in [3.05, 3.63) is 22.8 Å². The summed E-state index contributed by atoms with van der Waals surface area (Å²) in [5, 5.41) is 2.57. The van der Waals surface area contributed by atoms with Gasteiger partial charge in [0.15, 0.2) is 5.82 Å². The summed E-state index contributed by atoms with van der Waals surface area (Å²) in [6.07, 6.45) is 1.54. The Labute approximate surface area is 117 Å². The highest BCUT2D eigenvalue weighted by molar-refractivity contribution is 9.10. The molecule has 0 aliphatic carbocycles. The number of nitrogens with zero attached hydrogens (tertiary/aromatic N) is 1. The Bertz CT molecular complexity index is 491. The molecule has 0 aromatic carbocycles. The molecule has 0 aliphatic heterocycles. The lowest BCUT2D eigenvalue weighted by molar-refractivity contribution is 0.553. The zero-order valence-electron chi connectivity index (χ0n) is 10.6. The molecule has 1 aromatic rings. The van der Waals surface area contributed by atoms with Crippen molar-refractivity contribution < 1.29 is 8.42 Å². The average molecular weight is 336 g/mol. The third kappa shape index (κ3) is 4.55. The molecule has 102 valence electrons. The number of hydrogen-bond donors (Lipinski definition) is 2. The van der Waals surface area contributed by atoms with Crippen LogP contribution in [-0.2, 0) is 10.0 Å². The van der Waals surface area contributed by atoms with Crippen molar-refractivity contribution in [3.8, 4) is 0 Å². The molecule has 0 saturated heterocycles. The first kappa shape index (κ1) is 15.4. The minimum absolute atomic E-state index is 0.254. The lowest BCUT2D eigenvalue weighted by Crippen LogP contribution is -2.37. The third-order valence-corrected chi connectivity index (χ3v) is 4.68. The molecule has 0 fully saturated rings. The van der Waals surface area contributed by atoms with E-state index in [-0.39, 0.29) is 6.04 Å². The van der Waals surface area contributed by atoms with Gasteiger partial charge in [-0.3, -0.25) is 4.72 Å². The van der Waals surface area contributed by atoms with E-state index < -0.39 is 15.3 Å². The summed E-state index contributed by atoms with van der Waals surface area (Å²) in [6.45, 7) is 6.01. The predicted molar refractivity (Wildman–Crippen MR) is 77.1 cm³/mol. The standard InChI is InChI=1S/C11H18BrN3O2S/c1-8(2)14-7-9(3)18(16,17)15-11-10(12)5-4-6-13-11/h4-6,8-9,14H,7H2,1-3H3,(H,13,15). The molecule has 0 amide bonds. The fourth-order valence-corrected chi connectivity index (χ4v) is 2.64. The second-order valence-electron chi connectivity index (χ2n) is 4.35. The first-order valence-corrected chi connectivity index (χ1v) is 8.02. The molecule has 1 atom stereocenters. The quantitative estimate of drug-likeness (QED) is 0.833. The monoisotopic (exact) mass is 335 g/mol. The molecule has 1 heterocycles. The van der Waals surface area contributed by atoms with Crippen molar-refractivity contribution >= 4 is 31.8 Å². The van der Waals surface area contributed by atoms with Crippen LogP contribution in [0.5, 0.6) is 0 Å². The van der Waals surface area contributed by atoms with Crippen LogP contribution in [0.25, 0.3) is 0 Å². The van der Waals surface area contributed by atoms with Crippen molar-refractivity contribution in [2.24, 2.45) is 0 Å². The van der Waals surface area contributed by atoms with Crippen molar-refractivity contribution in [2.75, 3.05) is 11.3 Å². The number of halogens is 1. The molecule has 1 unspecified atom stereocenters. The van der Waals surface area contributed by atoms with Crippen LogP contribution in [0.4, 0.5) is 5.82 Å². The number of rotatable bonds is 6. The van der Waals surface area contributed by atoms with Crippen LogP contribution in [0.2, 0.25) is 0 Å². The summed E-state index contributed by atoms with van der Waals surface area (Å²) in [5.74, 6) is 0.314. The fourth-order valence-electron chi connectivity index (χ4n) is 1.21. The molecule has 7 heteroatoms. The van der Waals surface area contributed by atoms with Crippen molar-refractivity contribution in [3.63, 3.8) is 0 Å². The largest absolute Gasteiger partial charge is 0.313 e. The van der Waals surface area contributed by atoms with Crippen molar-refractivity contribution in [2.45, 2.75) is 32.1 Å². The van der Waals surface area contributed by atoms with E-state index in [1.54, 1.807) is 25.3 Å². The Balaban J connectivity index is 2.73. The molecule has 0 radical (unpaired) electrons. The van der Waals surface area contributed by atoms with Gasteiger partial charge >= 0.3 is 0 Å². The molecule has 0 bridgehead atoms. The summed E-state index contributed by atoms with van der Waals surface area (Å²) in [6, 6.07) is 3.72. The summed E-state index contributed by atoms with van der Waals surface area (Å²) in [4.78, 5) is 3.98. The molecule has 1 rings (SSSR count). The van der Waals surface area contributed by atoms with E-state index in [1.165, 1.54) is 0 Å². The number of aromatic nitrogens is 1. The van der Waals surface area contributed by atoms with Gasteiger partial charge in [0, 0.05) is 18.8 Å². The zero-order valence-corrected chi connectivity index (χ0v) is 13.0. The van der Waals surface area contributed by atoms with E-state index in [0.29, 0.717) is 16.8 Å². The summed E-state index contributed by atoms with van der Waals surface area (Å²) in [7, 11) is -3.44. The third-order valence-electron chi connectivity index (χ3n) is 2.34. The molecule has 2 N–H and O–H groups in total. The maximum atomic E-state index is 12.1. The van der Waals surface area contributed by atoms with Gasteiger partial charge in [0.1, 0.15) is 0 Å². The van der Waals surface area contributed by atoms with Gasteiger partial charge in [-0.1, -0.05) is 13.8 Å². The van der Waals surface area contributed by atoms with Gasteiger partial charge in [0.2, 0.25) is 10.0 Å². The van der Waals surface area contributed by atoms with E-state index in [2.05, 4.69) is 31.0 Å². The summed E-state index contributed by atoms with van der Waals surface area (Å²) >= 11 is 3.26. The topological polar surface area (TPSA) is 71.1 Å². The van der Waals surface area contributed by atoms with Crippen molar-refractivity contribution in [1.29, 1.82) is 0 Å². The zero-order chi connectivity index (χ0) is 13.8. The highest BCUT2D eigenvalue weighted by atomic mass is 79.9. The van der Waals surface area contributed by atoms with E-state index in [0.717, 1.165) is 0 Å². The molecule has 0 spiro atoms. The average Bonchev–Trinajstić information content (AvgIpc) is 2.28. The lowest BCUT2D eigenvalue weighted by atomic mass is 10.3. The van der Waals surface area contributed by atoms with Crippen LogP contribution in [0, 0.1) is 0 Å². The smallest absolute Gasteiger partial charge is 0.237 e. The maximum absolute atomic E-state index is 12.1. The van der Waals surface area contributed by atoms with Gasteiger partial charge in [-0.05, 0) is 35.0 Å². The van der Waals surface area contributed by atoms with Gasteiger partial charge < -0.3 is 5.32 Å². The second kappa shape index (κ2) is 6.49. The van der Waals surface area contributed by atoms with Crippen LogP contribution in [-0.4, -0.2) is 31.2 Å². The summed E-state index contributed by atoms with van der Waals surface area (Å²) in [5.41, 5.74) is 0. The number of hydrogen-bond acceptors (Lipinski definition) is 4. The van der Waals surface area contributed by atoms with Crippen LogP contribution in [0.15, 0.2) is 22.8 Å². The molecule has 5 nitrogen and oxygen atoms in total. The molecular formula is C11H18BrN3O2S. The Hall–Kier alpha value is -0.660. The lowest BCUT2D eigenvalue weighted by Gasteiger charge is -2.17. The van der Waals surface area contributed by atoms with Gasteiger partial charge in [0.25, 0.3) is 0 Å². The first-order chi connectivity index (χ1) is 8.33. The molecule has 0 saturated carbocycles. The Morgan fingerprint density at radius 2 is 2.06 bits per heavy atom. The Kier molecular flexibility index (Phi) is 5.55. The minimum atomic E-state index is -3.44. The van der Waals surface area contributed by atoms with E-state index in [9.17, 15) is 8.42 Å². The van der Waals surface area contributed by atoms with Gasteiger partial charge in [-0.15, -0.1) is 0 Å². The van der Waals surface area contributed by atoms with Crippen LogP contribution >= 0.6 is 15.9 Å². The van der Waals surface area contributed by atoms with Crippen molar-refractivity contribution in [1.82, 2.24) is 10.3 Å². The van der Waals surface area contributed by atoms with E-state index in [4.69, 9.17) is 0 Å². The number of pyridine rings is 1. The van der Waals surface area contributed by atoms with E-state index in [1.807, 2.05) is 13.8 Å². The van der Waals surface area contributed by atoms with E-state index >= 15 is 0 Å². The summed E-state index contributed by atoms with van der Waals surface area (Å²) < 4.78 is 27.2. The Morgan fingerprint density at radius 3 is 2.61 bits per heavy atom. The van der Waals surface area contributed by atoms with Gasteiger partial charge in [0.05, 0.1) is 9.72 Å². The fraction of sp³-hybridized carbons (Fsp3) is 0.545. The minimum Gasteiger partial charge on any atom is -0.313 e. The number of sulfonamides is 1. The second-order valence-corrected chi connectivity index (χ2v) is 7.31. The number of nitrogens with one attached hydrogen (secondary N) is 2. The molecule has 1 aromatic heterocycles. The number of anilines is 1. The van der Waals surface area contributed by atoms with Crippen LogP contribution in [0.1, 0.15) is 20.8 Å². The normalized spacial score (nSPS) is 13.6. The predicted octanol–water partition coefficient (Wildman–Crippen LogP) is 1.97. The maximum Gasteiger partial charge on any atom is 0.237 e. The van der Waals surface area contributed by atoms with Gasteiger partial charge in [-0.2, -0.15) is 0 Å². The molecule has 18 heavy (non-hydrogen) atoms.